The van der Waals surface area contributed by atoms with Crippen LogP contribution in [0.4, 0.5) is 8.78 Å². The smallest absolute Gasteiger partial charge is 0.251 e. The Balaban J connectivity index is 1.66. The van der Waals surface area contributed by atoms with E-state index in [0.717, 1.165) is 24.1 Å². The molecule has 4 atom stereocenters. The lowest BCUT2D eigenvalue weighted by molar-refractivity contribution is 0.0914. The van der Waals surface area contributed by atoms with Gasteiger partial charge in [-0.15, -0.1) is 0 Å². The molecule has 108 valence electrons. The summed E-state index contributed by atoms with van der Waals surface area (Å²) in [5, 5.41) is 2.91. The molecule has 20 heavy (non-hydrogen) atoms. The van der Waals surface area contributed by atoms with Crippen LogP contribution in [-0.2, 0) is 0 Å². The predicted octanol–water partition coefficient (Wildman–Crippen LogP) is 3.52. The van der Waals surface area contributed by atoms with Crippen molar-refractivity contribution in [2.45, 2.75) is 38.6 Å². The van der Waals surface area contributed by atoms with E-state index in [9.17, 15) is 13.6 Å². The van der Waals surface area contributed by atoms with E-state index in [-0.39, 0.29) is 11.6 Å². The first-order valence-electron chi connectivity index (χ1n) is 7.30. The highest BCUT2D eigenvalue weighted by Crippen LogP contribution is 2.49. The SMILES string of the molecule is CC(NC(=O)c1cc(F)cc(F)c1)C1CC2CCC1C2. The van der Waals surface area contributed by atoms with Crippen molar-refractivity contribution < 1.29 is 13.6 Å². The van der Waals surface area contributed by atoms with Crippen molar-refractivity contribution in [3.05, 3.63) is 35.4 Å². The Hall–Kier alpha value is -1.45. The van der Waals surface area contributed by atoms with Crippen molar-refractivity contribution in [1.29, 1.82) is 0 Å². The van der Waals surface area contributed by atoms with Crippen LogP contribution in [0.3, 0.4) is 0 Å². The fourth-order valence-corrected chi connectivity index (χ4v) is 3.99. The predicted molar refractivity (Wildman–Crippen MR) is 72.2 cm³/mol. The molecule has 1 N–H and O–H groups in total. The summed E-state index contributed by atoms with van der Waals surface area (Å²) in [5.74, 6) is 0.204. The molecule has 2 aliphatic carbocycles. The van der Waals surface area contributed by atoms with Crippen molar-refractivity contribution in [3.63, 3.8) is 0 Å². The number of amides is 1. The van der Waals surface area contributed by atoms with E-state index in [1.165, 1.54) is 25.7 Å². The van der Waals surface area contributed by atoms with Crippen LogP contribution in [-0.4, -0.2) is 11.9 Å². The molecule has 0 saturated heterocycles. The van der Waals surface area contributed by atoms with Crippen molar-refractivity contribution in [2.24, 2.45) is 17.8 Å². The normalized spacial score (nSPS) is 29.4. The van der Waals surface area contributed by atoms with E-state index >= 15 is 0 Å². The first-order valence-corrected chi connectivity index (χ1v) is 7.30. The Kier molecular flexibility index (Phi) is 3.48. The van der Waals surface area contributed by atoms with Gasteiger partial charge in [-0.2, -0.15) is 0 Å². The Morgan fingerprint density at radius 3 is 2.45 bits per heavy atom. The number of rotatable bonds is 3. The van der Waals surface area contributed by atoms with E-state index in [0.29, 0.717) is 11.8 Å². The zero-order valence-electron chi connectivity index (χ0n) is 11.5. The third-order valence-electron chi connectivity index (χ3n) is 4.92. The van der Waals surface area contributed by atoms with Crippen LogP contribution >= 0.6 is 0 Å². The first-order chi connectivity index (χ1) is 9.52. The molecule has 2 fully saturated rings. The summed E-state index contributed by atoms with van der Waals surface area (Å²) in [6.45, 7) is 2.00. The topological polar surface area (TPSA) is 29.1 Å². The average molecular weight is 279 g/mol. The third-order valence-corrected chi connectivity index (χ3v) is 4.92. The molecular weight excluding hydrogens is 260 g/mol. The molecule has 0 radical (unpaired) electrons. The summed E-state index contributed by atoms with van der Waals surface area (Å²) in [6.07, 6.45) is 5.02. The average Bonchev–Trinajstić information content (AvgIpc) is 2.99. The van der Waals surface area contributed by atoms with Crippen LogP contribution in [0.1, 0.15) is 43.0 Å². The van der Waals surface area contributed by atoms with Crippen LogP contribution in [0, 0.1) is 29.4 Å². The van der Waals surface area contributed by atoms with Gasteiger partial charge in [0.25, 0.3) is 5.91 Å². The molecule has 1 amide bonds. The molecule has 0 heterocycles. The highest BCUT2D eigenvalue weighted by Gasteiger charge is 2.42. The molecule has 0 aromatic heterocycles. The molecule has 2 nitrogen and oxygen atoms in total. The monoisotopic (exact) mass is 279 g/mol. The lowest BCUT2D eigenvalue weighted by Gasteiger charge is -2.28. The van der Waals surface area contributed by atoms with Crippen LogP contribution in [0.2, 0.25) is 0 Å². The first kappa shape index (κ1) is 13.5. The van der Waals surface area contributed by atoms with E-state index < -0.39 is 17.5 Å². The van der Waals surface area contributed by atoms with Gasteiger partial charge in [0.1, 0.15) is 11.6 Å². The van der Waals surface area contributed by atoms with Gasteiger partial charge in [-0.1, -0.05) is 6.42 Å². The Bertz CT molecular complexity index is 511. The molecule has 0 aliphatic heterocycles. The van der Waals surface area contributed by atoms with E-state index in [1.807, 2.05) is 6.92 Å². The maximum Gasteiger partial charge on any atom is 0.251 e. The molecule has 4 unspecified atom stereocenters. The van der Waals surface area contributed by atoms with Gasteiger partial charge in [0.2, 0.25) is 0 Å². The highest BCUT2D eigenvalue weighted by molar-refractivity contribution is 5.94. The van der Waals surface area contributed by atoms with Crippen LogP contribution in [0.15, 0.2) is 18.2 Å². The standard InChI is InChI=1S/C16H19F2NO/c1-9(15-5-10-2-3-11(15)4-10)19-16(20)12-6-13(17)8-14(18)7-12/h6-11,15H,2-5H2,1H3,(H,19,20). The summed E-state index contributed by atoms with van der Waals surface area (Å²) in [4.78, 5) is 12.1. The minimum absolute atomic E-state index is 0.0532. The second-order valence-corrected chi connectivity index (χ2v) is 6.26. The van der Waals surface area contributed by atoms with E-state index in [4.69, 9.17) is 0 Å². The zero-order chi connectivity index (χ0) is 14.3. The number of benzene rings is 1. The number of hydrogen-bond donors (Lipinski definition) is 1. The van der Waals surface area contributed by atoms with Gasteiger partial charge < -0.3 is 5.32 Å². The van der Waals surface area contributed by atoms with E-state index in [1.54, 1.807) is 0 Å². The summed E-state index contributed by atoms with van der Waals surface area (Å²) in [5.41, 5.74) is 0.0532. The van der Waals surface area contributed by atoms with Gasteiger partial charge in [-0.3, -0.25) is 4.79 Å². The Labute approximate surface area is 117 Å². The van der Waals surface area contributed by atoms with Crippen molar-refractivity contribution >= 4 is 5.91 Å². The molecule has 0 spiro atoms. The minimum atomic E-state index is -0.720. The molecule has 3 rings (SSSR count). The van der Waals surface area contributed by atoms with Gasteiger partial charge in [0.05, 0.1) is 0 Å². The second kappa shape index (κ2) is 5.15. The quantitative estimate of drug-likeness (QED) is 0.901. The third kappa shape index (κ3) is 2.56. The van der Waals surface area contributed by atoms with Crippen LogP contribution in [0.5, 0.6) is 0 Å². The lowest BCUT2D eigenvalue weighted by atomic mass is 9.84. The van der Waals surface area contributed by atoms with Gasteiger partial charge >= 0.3 is 0 Å². The van der Waals surface area contributed by atoms with Gasteiger partial charge in [-0.05, 0) is 56.1 Å². The van der Waals surface area contributed by atoms with E-state index in [2.05, 4.69) is 5.32 Å². The van der Waals surface area contributed by atoms with Crippen LogP contribution < -0.4 is 5.32 Å². The fraction of sp³-hybridized carbons (Fsp3) is 0.562. The summed E-state index contributed by atoms with van der Waals surface area (Å²) in [6, 6.07) is 2.98. The van der Waals surface area contributed by atoms with Gasteiger partial charge in [-0.25, -0.2) is 8.78 Å². The number of nitrogens with one attached hydrogen (secondary N) is 1. The zero-order valence-corrected chi connectivity index (χ0v) is 11.5. The number of carbonyl (C=O) groups excluding carboxylic acids is 1. The Morgan fingerprint density at radius 1 is 1.20 bits per heavy atom. The summed E-state index contributed by atoms with van der Waals surface area (Å²) >= 11 is 0. The molecule has 2 aliphatic rings. The highest BCUT2D eigenvalue weighted by atomic mass is 19.1. The largest absolute Gasteiger partial charge is 0.349 e. The maximum atomic E-state index is 13.1. The maximum absolute atomic E-state index is 13.1. The van der Waals surface area contributed by atoms with Gasteiger partial charge in [0, 0.05) is 17.7 Å². The molecule has 1 aromatic rings. The lowest BCUT2D eigenvalue weighted by Crippen LogP contribution is -2.40. The number of carbonyl (C=O) groups is 1. The van der Waals surface area contributed by atoms with Gasteiger partial charge in [0.15, 0.2) is 0 Å². The van der Waals surface area contributed by atoms with Crippen molar-refractivity contribution in [3.8, 4) is 0 Å². The van der Waals surface area contributed by atoms with Crippen molar-refractivity contribution in [2.75, 3.05) is 0 Å². The fourth-order valence-electron chi connectivity index (χ4n) is 3.99. The number of halogens is 2. The van der Waals surface area contributed by atoms with Crippen LogP contribution in [0.25, 0.3) is 0 Å². The minimum Gasteiger partial charge on any atom is -0.349 e. The molecule has 4 heteroatoms. The molecule has 2 saturated carbocycles. The number of fused-ring (bicyclic) bond motifs is 2. The number of hydrogen-bond acceptors (Lipinski definition) is 1. The second-order valence-electron chi connectivity index (χ2n) is 6.26. The molecular formula is C16H19F2NO. The molecule has 1 aromatic carbocycles. The summed E-state index contributed by atoms with van der Waals surface area (Å²) < 4.78 is 26.3. The summed E-state index contributed by atoms with van der Waals surface area (Å²) in [7, 11) is 0. The van der Waals surface area contributed by atoms with Crippen molar-refractivity contribution in [1.82, 2.24) is 5.32 Å². The molecule has 2 bridgehead atoms. The Morgan fingerprint density at radius 2 is 1.90 bits per heavy atom.